The first-order valence-corrected chi connectivity index (χ1v) is 9.82. The van der Waals surface area contributed by atoms with Crippen LogP contribution in [0.25, 0.3) is 0 Å². The SMILES string of the molecule is CCN(Cc1ccc(N(C)C)cc1)C(=O)CCN1C(=O)c2ccc(C)cc2C1=O. The van der Waals surface area contributed by atoms with Crippen LogP contribution in [0.4, 0.5) is 5.69 Å². The third-order valence-electron chi connectivity index (χ3n) is 5.24. The van der Waals surface area contributed by atoms with E-state index in [-0.39, 0.29) is 30.7 Å². The summed E-state index contributed by atoms with van der Waals surface area (Å²) in [7, 11) is 3.97. The Balaban J connectivity index is 1.62. The van der Waals surface area contributed by atoms with E-state index in [2.05, 4.69) is 0 Å². The van der Waals surface area contributed by atoms with Crippen LogP contribution >= 0.6 is 0 Å². The molecule has 6 heteroatoms. The van der Waals surface area contributed by atoms with Gasteiger partial charge in [-0.05, 0) is 43.7 Å². The second-order valence-corrected chi connectivity index (χ2v) is 7.53. The van der Waals surface area contributed by atoms with Crippen molar-refractivity contribution in [2.24, 2.45) is 0 Å². The number of amides is 3. The predicted octanol–water partition coefficient (Wildman–Crippen LogP) is 3.10. The molecule has 0 saturated heterocycles. The minimum Gasteiger partial charge on any atom is -0.378 e. The molecule has 6 nitrogen and oxygen atoms in total. The van der Waals surface area contributed by atoms with E-state index in [1.165, 1.54) is 4.90 Å². The number of imide groups is 1. The number of hydrogen-bond acceptors (Lipinski definition) is 4. The maximum absolute atomic E-state index is 12.7. The van der Waals surface area contributed by atoms with E-state index in [0.29, 0.717) is 24.2 Å². The number of hydrogen-bond donors (Lipinski definition) is 0. The summed E-state index contributed by atoms with van der Waals surface area (Å²) in [5.41, 5.74) is 3.92. The lowest BCUT2D eigenvalue weighted by Gasteiger charge is -2.23. The molecule has 152 valence electrons. The van der Waals surface area contributed by atoms with Gasteiger partial charge in [0, 0.05) is 45.8 Å². The molecule has 1 heterocycles. The highest BCUT2D eigenvalue weighted by Crippen LogP contribution is 2.24. The number of benzene rings is 2. The van der Waals surface area contributed by atoms with E-state index in [1.807, 2.05) is 63.2 Å². The van der Waals surface area contributed by atoms with E-state index in [1.54, 1.807) is 17.0 Å². The Morgan fingerprint density at radius 3 is 2.24 bits per heavy atom. The summed E-state index contributed by atoms with van der Waals surface area (Å²) >= 11 is 0. The molecule has 2 aromatic carbocycles. The van der Waals surface area contributed by atoms with E-state index >= 15 is 0 Å². The molecule has 0 atom stereocenters. The fourth-order valence-electron chi connectivity index (χ4n) is 3.47. The molecular formula is C23H27N3O3. The summed E-state index contributed by atoms with van der Waals surface area (Å²) in [6.45, 7) is 4.98. The normalized spacial score (nSPS) is 12.9. The van der Waals surface area contributed by atoms with Crippen molar-refractivity contribution >= 4 is 23.4 Å². The van der Waals surface area contributed by atoms with Gasteiger partial charge in [-0.25, -0.2) is 0 Å². The highest BCUT2D eigenvalue weighted by Gasteiger charge is 2.35. The third-order valence-corrected chi connectivity index (χ3v) is 5.24. The summed E-state index contributed by atoms with van der Waals surface area (Å²) in [5, 5.41) is 0. The van der Waals surface area contributed by atoms with E-state index in [9.17, 15) is 14.4 Å². The molecule has 3 amide bonds. The Kier molecular flexibility index (Phi) is 6.01. The zero-order chi connectivity index (χ0) is 21.1. The molecule has 0 fully saturated rings. The largest absolute Gasteiger partial charge is 0.378 e. The molecule has 3 rings (SSSR count). The van der Waals surface area contributed by atoms with Gasteiger partial charge in [0.2, 0.25) is 5.91 Å². The Labute approximate surface area is 171 Å². The number of nitrogens with zero attached hydrogens (tertiary/aromatic N) is 3. The van der Waals surface area contributed by atoms with Crippen LogP contribution in [0.3, 0.4) is 0 Å². The maximum Gasteiger partial charge on any atom is 0.261 e. The average Bonchev–Trinajstić information content (AvgIpc) is 2.94. The van der Waals surface area contributed by atoms with Crippen molar-refractivity contribution in [3.8, 4) is 0 Å². The van der Waals surface area contributed by atoms with Crippen molar-refractivity contribution in [3.05, 3.63) is 64.7 Å². The van der Waals surface area contributed by atoms with Gasteiger partial charge in [0.05, 0.1) is 11.1 Å². The van der Waals surface area contributed by atoms with E-state index in [0.717, 1.165) is 16.8 Å². The third kappa shape index (κ3) is 4.31. The van der Waals surface area contributed by atoms with Crippen LogP contribution in [-0.2, 0) is 11.3 Å². The lowest BCUT2D eigenvalue weighted by molar-refractivity contribution is -0.131. The zero-order valence-corrected chi connectivity index (χ0v) is 17.4. The first kappa shape index (κ1) is 20.6. The molecule has 0 N–H and O–H groups in total. The van der Waals surface area contributed by atoms with Crippen molar-refractivity contribution in [1.82, 2.24) is 9.80 Å². The lowest BCUT2D eigenvalue weighted by atomic mass is 10.1. The second-order valence-electron chi connectivity index (χ2n) is 7.53. The van der Waals surface area contributed by atoms with E-state index in [4.69, 9.17) is 0 Å². The number of anilines is 1. The molecule has 2 aromatic rings. The monoisotopic (exact) mass is 393 g/mol. The van der Waals surface area contributed by atoms with Crippen LogP contribution in [0.15, 0.2) is 42.5 Å². The minimum atomic E-state index is -0.319. The maximum atomic E-state index is 12.7. The fourth-order valence-corrected chi connectivity index (χ4v) is 3.47. The van der Waals surface area contributed by atoms with Gasteiger partial charge in [0.1, 0.15) is 0 Å². The van der Waals surface area contributed by atoms with Gasteiger partial charge in [0.25, 0.3) is 11.8 Å². The van der Waals surface area contributed by atoms with Gasteiger partial charge in [-0.3, -0.25) is 19.3 Å². The van der Waals surface area contributed by atoms with Crippen molar-refractivity contribution in [1.29, 1.82) is 0 Å². The van der Waals surface area contributed by atoms with Gasteiger partial charge < -0.3 is 9.80 Å². The number of rotatable bonds is 7. The molecule has 1 aliphatic rings. The molecule has 0 spiro atoms. The predicted molar refractivity (Wildman–Crippen MR) is 113 cm³/mol. The van der Waals surface area contributed by atoms with Gasteiger partial charge >= 0.3 is 0 Å². The van der Waals surface area contributed by atoms with Gasteiger partial charge in [-0.15, -0.1) is 0 Å². The number of carbonyl (C=O) groups excluding carboxylic acids is 3. The van der Waals surface area contributed by atoms with Crippen molar-refractivity contribution < 1.29 is 14.4 Å². The number of aryl methyl sites for hydroxylation is 1. The number of fused-ring (bicyclic) bond motifs is 1. The Morgan fingerprint density at radius 1 is 0.966 bits per heavy atom. The van der Waals surface area contributed by atoms with Gasteiger partial charge in [-0.1, -0.05) is 23.8 Å². The van der Waals surface area contributed by atoms with Crippen LogP contribution in [0.2, 0.25) is 0 Å². The molecule has 0 aliphatic carbocycles. The molecule has 0 saturated carbocycles. The van der Waals surface area contributed by atoms with Crippen LogP contribution in [0.5, 0.6) is 0 Å². The lowest BCUT2D eigenvalue weighted by Crippen LogP contribution is -2.36. The van der Waals surface area contributed by atoms with Crippen LogP contribution in [0.1, 0.15) is 45.2 Å². The first-order chi connectivity index (χ1) is 13.8. The second kappa shape index (κ2) is 8.47. The minimum absolute atomic E-state index is 0.0723. The smallest absolute Gasteiger partial charge is 0.261 e. The van der Waals surface area contributed by atoms with Crippen LogP contribution < -0.4 is 4.90 Å². The molecule has 0 aromatic heterocycles. The standard InChI is InChI=1S/C23H27N3O3/c1-5-25(15-17-7-9-18(10-8-17)24(3)4)21(27)12-13-26-22(28)19-11-6-16(2)14-20(19)23(26)29/h6-11,14H,5,12-13,15H2,1-4H3. The highest BCUT2D eigenvalue weighted by molar-refractivity contribution is 6.21. The average molecular weight is 393 g/mol. The summed E-state index contributed by atoms with van der Waals surface area (Å²) in [4.78, 5) is 42.8. The summed E-state index contributed by atoms with van der Waals surface area (Å²) in [5.74, 6) is -0.708. The zero-order valence-electron chi connectivity index (χ0n) is 17.4. The van der Waals surface area contributed by atoms with Crippen molar-refractivity contribution in [3.63, 3.8) is 0 Å². The summed E-state index contributed by atoms with van der Waals surface area (Å²) < 4.78 is 0. The van der Waals surface area contributed by atoms with Crippen LogP contribution in [-0.4, -0.2) is 54.7 Å². The summed E-state index contributed by atoms with van der Waals surface area (Å²) in [6, 6.07) is 13.3. The Hall–Kier alpha value is -3.15. The Bertz CT molecular complexity index is 935. The van der Waals surface area contributed by atoms with Gasteiger partial charge in [0.15, 0.2) is 0 Å². The molecule has 29 heavy (non-hydrogen) atoms. The molecule has 0 unspecified atom stereocenters. The topological polar surface area (TPSA) is 60.9 Å². The van der Waals surface area contributed by atoms with Crippen molar-refractivity contribution in [2.75, 3.05) is 32.1 Å². The van der Waals surface area contributed by atoms with Crippen molar-refractivity contribution in [2.45, 2.75) is 26.8 Å². The molecular weight excluding hydrogens is 366 g/mol. The quantitative estimate of drug-likeness (QED) is 0.678. The van der Waals surface area contributed by atoms with E-state index < -0.39 is 0 Å². The summed E-state index contributed by atoms with van der Waals surface area (Å²) in [6.07, 6.45) is 0.119. The molecule has 1 aliphatic heterocycles. The Morgan fingerprint density at radius 2 is 1.62 bits per heavy atom. The molecule has 0 bridgehead atoms. The highest BCUT2D eigenvalue weighted by atomic mass is 16.2. The van der Waals surface area contributed by atoms with Gasteiger partial charge in [-0.2, -0.15) is 0 Å². The molecule has 0 radical (unpaired) electrons. The number of carbonyl (C=O) groups is 3. The first-order valence-electron chi connectivity index (χ1n) is 9.82. The fraction of sp³-hybridized carbons (Fsp3) is 0.348. The van der Waals surface area contributed by atoms with Crippen LogP contribution in [0, 0.1) is 6.92 Å².